The van der Waals surface area contributed by atoms with Gasteiger partial charge in [-0.15, -0.1) is 0 Å². The van der Waals surface area contributed by atoms with Gasteiger partial charge in [-0.25, -0.2) is 0 Å². The first-order valence-electron chi connectivity index (χ1n) is 7.18. The smallest absolute Gasteiger partial charge is 0.223 e. The number of halogens is 1. The molecular formula is C16H22ClNO2. The number of carbonyl (C=O) groups excluding carboxylic acids is 1. The maximum Gasteiger partial charge on any atom is 0.223 e. The summed E-state index contributed by atoms with van der Waals surface area (Å²) in [5.74, 6) is 0.517. The molecular weight excluding hydrogens is 274 g/mol. The highest BCUT2D eigenvalue weighted by atomic mass is 35.5. The molecule has 0 spiro atoms. The molecule has 4 heteroatoms. The van der Waals surface area contributed by atoms with Crippen LogP contribution in [-0.4, -0.2) is 35.1 Å². The van der Waals surface area contributed by atoms with Crippen molar-refractivity contribution in [3.63, 3.8) is 0 Å². The molecule has 1 aliphatic rings. The van der Waals surface area contributed by atoms with Crippen LogP contribution < -0.4 is 0 Å². The molecule has 1 aromatic carbocycles. The number of hydrogen-bond donors (Lipinski definition) is 1. The van der Waals surface area contributed by atoms with Crippen LogP contribution in [0.2, 0.25) is 5.02 Å². The Morgan fingerprint density at radius 3 is 2.90 bits per heavy atom. The van der Waals surface area contributed by atoms with Crippen LogP contribution in [0.15, 0.2) is 18.2 Å². The second-order valence-electron chi connectivity index (χ2n) is 5.69. The Labute approximate surface area is 125 Å². The first-order chi connectivity index (χ1) is 9.52. The monoisotopic (exact) mass is 295 g/mol. The molecule has 1 fully saturated rings. The van der Waals surface area contributed by atoms with Crippen molar-refractivity contribution in [2.75, 3.05) is 13.2 Å². The van der Waals surface area contributed by atoms with Crippen LogP contribution in [0.5, 0.6) is 0 Å². The molecule has 1 aromatic rings. The summed E-state index contributed by atoms with van der Waals surface area (Å²) in [4.78, 5) is 14.1. The van der Waals surface area contributed by atoms with E-state index in [4.69, 9.17) is 11.6 Å². The molecule has 2 unspecified atom stereocenters. The molecule has 20 heavy (non-hydrogen) atoms. The van der Waals surface area contributed by atoms with E-state index in [2.05, 4.69) is 6.92 Å². The van der Waals surface area contributed by atoms with Crippen LogP contribution in [0, 0.1) is 12.8 Å². The minimum atomic E-state index is -0.0101. The predicted octanol–water partition coefficient (Wildman–Crippen LogP) is 2.81. The third-order valence-electron chi connectivity index (χ3n) is 4.25. The molecule has 0 saturated carbocycles. The second-order valence-corrected chi connectivity index (χ2v) is 6.09. The number of nitrogens with zero attached hydrogens (tertiary/aromatic N) is 1. The van der Waals surface area contributed by atoms with Crippen molar-refractivity contribution in [2.45, 2.75) is 39.2 Å². The molecule has 3 nitrogen and oxygen atoms in total. The van der Waals surface area contributed by atoms with E-state index in [-0.39, 0.29) is 18.6 Å². The molecule has 0 aromatic heterocycles. The zero-order valence-corrected chi connectivity index (χ0v) is 12.9. The van der Waals surface area contributed by atoms with Gasteiger partial charge in [-0.1, -0.05) is 30.7 Å². The number of amides is 1. The van der Waals surface area contributed by atoms with E-state index in [9.17, 15) is 9.90 Å². The normalized spacial score (nSPS) is 22.3. The van der Waals surface area contributed by atoms with Crippen molar-refractivity contribution in [1.29, 1.82) is 0 Å². The summed E-state index contributed by atoms with van der Waals surface area (Å²) in [5.41, 5.74) is 2.14. The lowest BCUT2D eigenvalue weighted by Crippen LogP contribution is -2.39. The van der Waals surface area contributed by atoms with E-state index in [1.165, 1.54) is 0 Å². The summed E-state index contributed by atoms with van der Waals surface area (Å²) in [6.45, 7) is 4.88. The third kappa shape index (κ3) is 3.33. The zero-order valence-electron chi connectivity index (χ0n) is 12.1. The van der Waals surface area contributed by atoms with Crippen LogP contribution in [0.4, 0.5) is 0 Å². The molecule has 1 saturated heterocycles. The number of rotatable bonds is 4. The van der Waals surface area contributed by atoms with Crippen molar-refractivity contribution in [1.82, 2.24) is 4.90 Å². The first-order valence-corrected chi connectivity index (χ1v) is 7.56. The van der Waals surface area contributed by atoms with Crippen molar-refractivity contribution in [3.8, 4) is 0 Å². The lowest BCUT2D eigenvalue weighted by atomic mass is 10.0. The topological polar surface area (TPSA) is 40.5 Å². The van der Waals surface area contributed by atoms with Crippen LogP contribution in [0.1, 0.15) is 30.9 Å². The van der Waals surface area contributed by atoms with Gasteiger partial charge >= 0.3 is 0 Å². The fourth-order valence-corrected chi connectivity index (χ4v) is 2.99. The quantitative estimate of drug-likeness (QED) is 0.928. The minimum absolute atomic E-state index is 0.0101. The Balaban J connectivity index is 1.93. The Morgan fingerprint density at radius 2 is 2.25 bits per heavy atom. The number of aliphatic hydroxyl groups is 1. The first kappa shape index (κ1) is 15.3. The summed E-state index contributed by atoms with van der Waals surface area (Å²) in [7, 11) is 0. The Morgan fingerprint density at radius 1 is 1.50 bits per heavy atom. The highest BCUT2D eigenvalue weighted by Gasteiger charge is 2.33. The van der Waals surface area contributed by atoms with Crippen LogP contribution in [0.3, 0.4) is 0 Å². The van der Waals surface area contributed by atoms with E-state index < -0.39 is 0 Å². The van der Waals surface area contributed by atoms with E-state index in [1.807, 2.05) is 30.0 Å². The van der Waals surface area contributed by atoms with Crippen molar-refractivity contribution >= 4 is 17.5 Å². The van der Waals surface area contributed by atoms with Gasteiger partial charge in [0.25, 0.3) is 0 Å². The van der Waals surface area contributed by atoms with Gasteiger partial charge in [0.05, 0.1) is 12.6 Å². The van der Waals surface area contributed by atoms with Gasteiger partial charge in [-0.3, -0.25) is 4.79 Å². The van der Waals surface area contributed by atoms with Gasteiger partial charge in [0.2, 0.25) is 5.91 Å². The molecule has 110 valence electrons. The second kappa shape index (κ2) is 6.59. The van der Waals surface area contributed by atoms with Crippen LogP contribution >= 0.6 is 11.6 Å². The summed E-state index contributed by atoms with van der Waals surface area (Å²) >= 11 is 6.09. The number of aliphatic hydroxyl groups excluding tert-OH is 1. The highest BCUT2D eigenvalue weighted by molar-refractivity contribution is 6.31. The van der Waals surface area contributed by atoms with E-state index in [0.717, 1.165) is 29.1 Å². The average molecular weight is 296 g/mol. The van der Waals surface area contributed by atoms with Gasteiger partial charge in [0.1, 0.15) is 0 Å². The molecule has 1 heterocycles. The molecule has 0 aliphatic carbocycles. The fourth-order valence-electron chi connectivity index (χ4n) is 2.78. The van der Waals surface area contributed by atoms with Gasteiger partial charge in [-0.2, -0.15) is 0 Å². The van der Waals surface area contributed by atoms with Crippen LogP contribution in [-0.2, 0) is 11.2 Å². The maximum atomic E-state index is 12.3. The number of likely N-dealkylation sites (tertiary alicyclic amines) is 1. The number of benzene rings is 1. The average Bonchev–Trinajstić information content (AvgIpc) is 2.80. The van der Waals surface area contributed by atoms with Crippen molar-refractivity contribution < 1.29 is 9.90 Å². The molecule has 2 atom stereocenters. The summed E-state index contributed by atoms with van der Waals surface area (Å²) < 4.78 is 0. The van der Waals surface area contributed by atoms with Crippen molar-refractivity contribution in [3.05, 3.63) is 34.3 Å². The lowest BCUT2D eigenvalue weighted by molar-refractivity contribution is -0.133. The Hall–Kier alpha value is -1.06. The van der Waals surface area contributed by atoms with Gasteiger partial charge in [0, 0.05) is 18.0 Å². The van der Waals surface area contributed by atoms with Gasteiger partial charge in [-0.05, 0) is 42.9 Å². The standard InChI is InChI=1S/C16H22ClNO2/c1-11-3-4-13(9-14(11)17)5-6-16(20)18-8-7-12(2)15(18)10-19/h3-4,9,12,15,19H,5-8,10H2,1-2H3. The van der Waals surface area contributed by atoms with E-state index in [0.29, 0.717) is 18.8 Å². The number of hydrogen-bond acceptors (Lipinski definition) is 2. The zero-order chi connectivity index (χ0) is 14.7. The SMILES string of the molecule is Cc1ccc(CCC(=O)N2CCC(C)C2CO)cc1Cl. The maximum absolute atomic E-state index is 12.3. The number of aryl methyl sites for hydroxylation is 2. The molecule has 1 aliphatic heterocycles. The predicted molar refractivity (Wildman–Crippen MR) is 80.9 cm³/mol. The number of carbonyl (C=O) groups is 1. The summed E-state index contributed by atoms with van der Waals surface area (Å²) in [5, 5.41) is 10.1. The minimum Gasteiger partial charge on any atom is -0.394 e. The largest absolute Gasteiger partial charge is 0.394 e. The van der Waals surface area contributed by atoms with Crippen LogP contribution in [0.25, 0.3) is 0 Å². The van der Waals surface area contributed by atoms with Crippen molar-refractivity contribution in [2.24, 2.45) is 5.92 Å². The molecule has 0 radical (unpaired) electrons. The summed E-state index contributed by atoms with van der Waals surface area (Å²) in [6, 6.07) is 5.92. The van der Waals surface area contributed by atoms with E-state index in [1.54, 1.807) is 0 Å². The molecule has 2 rings (SSSR count). The molecule has 0 bridgehead atoms. The summed E-state index contributed by atoms with van der Waals surface area (Å²) in [6.07, 6.45) is 2.15. The molecule has 1 amide bonds. The van der Waals surface area contributed by atoms with E-state index >= 15 is 0 Å². The lowest BCUT2D eigenvalue weighted by Gasteiger charge is -2.25. The third-order valence-corrected chi connectivity index (χ3v) is 4.66. The van der Waals surface area contributed by atoms with Gasteiger partial charge < -0.3 is 10.0 Å². The fraction of sp³-hybridized carbons (Fsp3) is 0.562. The highest BCUT2D eigenvalue weighted by Crippen LogP contribution is 2.25. The molecule has 1 N–H and O–H groups in total. The van der Waals surface area contributed by atoms with Gasteiger partial charge in [0.15, 0.2) is 0 Å². The Bertz CT molecular complexity index is 489. The Kier molecular flexibility index (Phi) is 5.06.